The molecule has 0 saturated carbocycles. The third-order valence-corrected chi connectivity index (χ3v) is 6.80. The van der Waals surface area contributed by atoms with Gasteiger partial charge in [0.25, 0.3) is 0 Å². The molecular weight excluding hydrogens is 350 g/mol. The van der Waals surface area contributed by atoms with Crippen LogP contribution in [-0.4, -0.2) is 6.61 Å². The molecule has 1 aromatic heterocycles. The highest BCUT2D eigenvalue weighted by molar-refractivity contribution is 7.19. The number of hydrogen-bond acceptors (Lipinski definition) is 3. The molecule has 2 nitrogen and oxygen atoms in total. The predicted octanol–water partition coefficient (Wildman–Crippen LogP) is 7.09. The summed E-state index contributed by atoms with van der Waals surface area (Å²) in [6, 6.07) is 13.2. The van der Waals surface area contributed by atoms with Gasteiger partial charge < -0.3 is 10.5 Å². The van der Waals surface area contributed by atoms with Gasteiger partial charge in [-0.1, -0.05) is 46.2 Å². The first-order valence-corrected chi connectivity index (χ1v) is 11.0. The van der Waals surface area contributed by atoms with Gasteiger partial charge in [0.15, 0.2) is 0 Å². The lowest BCUT2D eigenvalue weighted by atomic mass is 10.00. The highest BCUT2D eigenvalue weighted by Gasteiger charge is 2.11. The van der Waals surface area contributed by atoms with Gasteiger partial charge in [0, 0.05) is 15.0 Å². The summed E-state index contributed by atoms with van der Waals surface area (Å²) in [5.74, 6) is 1.74. The summed E-state index contributed by atoms with van der Waals surface area (Å²) in [7, 11) is 0. The monoisotopic (exact) mass is 381 g/mol. The molecule has 2 aromatic carbocycles. The second-order valence-corrected chi connectivity index (χ2v) is 8.47. The Labute approximate surface area is 167 Å². The Hall–Kier alpha value is -2.00. The molecule has 0 fully saturated rings. The molecule has 0 aliphatic heterocycles. The topological polar surface area (TPSA) is 35.2 Å². The lowest BCUT2D eigenvalue weighted by Gasteiger charge is -2.14. The molecule has 0 aliphatic carbocycles. The van der Waals surface area contributed by atoms with E-state index >= 15 is 0 Å². The van der Waals surface area contributed by atoms with E-state index in [9.17, 15) is 0 Å². The number of nitrogens with two attached hydrogens (primary N) is 1. The number of nitrogen functional groups attached to an aromatic ring is 1. The minimum atomic E-state index is 0.713. The maximum Gasteiger partial charge on any atom is 0.122 e. The molecule has 0 radical (unpaired) electrons. The molecular formula is C24H31NOS. The van der Waals surface area contributed by atoms with Crippen molar-refractivity contribution in [3.8, 4) is 16.9 Å². The van der Waals surface area contributed by atoms with E-state index in [2.05, 4.69) is 64.1 Å². The summed E-state index contributed by atoms with van der Waals surface area (Å²) in [4.78, 5) is 1.28. The fourth-order valence-corrected chi connectivity index (χ4v) is 4.40. The molecule has 0 amide bonds. The van der Waals surface area contributed by atoms with Gasteiger partial charge in [-0.05, 0) is 66.1 Å². The van der Waals surface area contributed by atoms with E-state index < -0.39 is 0 Å². The number of thiophene rings is 1. The SMILES string of the molecule is CCc1cc(-c2ccc3sc(CC)c(N)c3c2)ccc1OCCC(C)CC. The van der Waals surface area contributed by atoms with Gasteiger partial charge in [-0.3, -0.25) is 0 Å². The minimum Gasteiger partial charge on any atom is -0.493 e. The number of rotatable bonds is 8. The van der Waals surface area contributed by atoms with Gasteiger partial charge in [0.1, 0.15) is 5.75 Å². The molecule has 0 spiro atoms. The van der Waals surface area contributed by atoms with Crippen LogP contribution in [0.15, 0.2) is 36.4 Å². The van der Waals surface area contributed by atoms with Crippen molar-refractivity contribution in [2.75, 3.05) is 12.3 Å². The largest absolute Gasteiger partial charge is 0.493 e. The zero-order valence-electron chi connectivity index (χ0n) is 17.0. The van der Waals surface area contributed by atoms with Gasteiger partial charge in [-0.2, -0.15) is 0 Å². The summed E-state index contributed by atoms with van der Waals surface area (Å²) in [5.41, 5.74) is 11.0. The average Bonchev–Trinajstić information content (AvgIpc) is 3.03. The first-order chi connectivity index (χ1) is 13.1. The molecule has 3 rings (SSSR count). The normalized spacial score (nSPS) is 12.4. The number of fused-ring (bicyclic) bond motifs is 1. The molecule has 1 heterocycles. The number of benzene rings is 2. The van der Waals surface area contributed by atoms with E-state index in [0.717, 1.165) is 37.3 Å². The van der Waals surface area contributed by atoms with Crippen molar-refractivity contribution in [3.05, 3.63) is 46.8 Å². The minimum absolute atomic E-state index is 0.713. The van der Waals surface area contributed by atoms with Crippen LogP contribution in [0.25, 0.3) is 21.2 Å². The van der Waals surface area contributed by atoms with E-state index in [1.54, 1.807) is 11.3 Å². The van der Waals surface area contributed by atoms with Crippen molar-refractivity contribution < 1.29 is 4.74 Å². The third-order valence-electron chi connectivity index (χ3n) is 5.46. The number of ether oxygens (including phenoxy) is 1. The van der Waals surface area contributed by atoms with Crippen LogP contribution in [0.5, 0.6) is 5.75 Å². The predicted molar refractivity (Wildman–Crippen MR) is 120 cm³/mol. The fraction of sp³-hybridized carbons (Fsp3) is 0.417. The third kappa shape index (κ3) is 4.30. The summed E-state index contributed by atoms with van der Waals surface area (Å²) < 4.78 is 7.35. The number of aryl methyl sites for hydroxylation is 2. The van der Waals surface area contributed by atoms with Crippen LogP contribution in [0.4, 0.5) is 5.69 Å². The lowest BCUT2D eigenvalue weighted by Crippen LogP contribution is -2.04. The Balaban J connectivity index is 1.86. The molecule has 2 N–H and O–H groups in total. The first kappa shape index (κ1) is 19.8. The summed E-state index contributed by atoms with van der Waals surface area (Å²) in [6.45, 7) is 9.66. The van der Waals surface area contributed by atoms with E-state index in [4.69, 9.17) is 10.5 Å². The maximum absolute atomic E-state index is 6.36. The molecule has 1 atom stereocenters. The average molecular weight is 382 g/mol. The van der Waals surface area contributed by atoms with Crippen molar-refractivity contribution in [2.45, 2.75) is 53.4 Å². The van der Waals surface area contributed by atoms with E-state index in [1.165, 1.54) is 38.1 Å². The molecule has 0 bridgehead atoms. The van der Waals surface area contributed by atoms with Gasteiger partial charge in [0.05, 0.1) is 12.3 Å². The van der Waals surface area contributed by atoms with Crippen LogP contribution >= 0.6 is 11.3 Å². The van der Waals surface area contributed by atoms with E-state index in [-0.39, 0.29) is 0 Å². The lowest BCUT2D eigenvalue weighted by molar-refractivity contribution is 0.279. The zero-order chi connectivity index (χ0) is 19.4. The van der Waals surface area contributed by atoms with Crippen molar-refractivity contribution >= 4 is 27.1 Å². The standard InChI is InChI=1S/C24H31NOS/c1-5-16(4)12-13-26-21-10-8-18(14-17(21)6-2)19-9-11-23-20(15-19)24(25)22(7-3)27-23/h8-11,14-16H,5-7,12-13,25H2,1-4H3. The van der Waals surface area contributed by atoms with Crippen LogP contribution in [-0.2, 0) is 12.8 Å². The Kier molecular flexibility index (Phi) is 6.43. The fourth-order valence-electron chi connectivity index (χ4n) is 3.36. The Bertz CT molecular complexity index is 912. The van der Waals surface area contributed by atoms with E-state index in [0.29, 0.717) is 5.92 Å². The van der Waals surface area contributed by atoms with Gasteiger partial charge in [-0.25, -0.2) is 0 Å². The molecule has 0 saturated heterocycles. The van der Waals surface area contributed by atoms with Crippen LogP contribution in [0, 0.1) is 5.92 Å². The second-order valence-electron chi connectivity index (χ2n) is 7.33. The summed E-state index contributed by atoms with van der Waals surface area (Å²) >= 11 is 1.81. The maximum atomic E-state index is 6.36. The quantitative estimate of drug-likeness (QED) is 0.452. The van der Waals surface area contributed by atoms with Gasteiger partial charge in [0.2, 0.25) is 0 Å². The number of anilines is 1. The Morgan fingerprint density at radius 2 is 1.74 bits per heavy atom. The molecule has 1 unspecified atom stereocenters. The van der Waals surface area contributed by atoms with E-state index in [1.807, 2.05) is 0 Å². The van der Waals surface area contributed by atoms with Crippen molar-refractivity contribution in [1.82, 2.24) is 0 Å². The Morgan fingerprint density at radius 3 is 2.44 bits per heavy atom. The van der Waals surface area contributed by atoms with Crippen molar-refractivity contribution in [3.63, 3.8) is 0 Å². The van der Waals surface area contributed by atoms with Crippen LogP contribution < -0.4 is 10.5 Å². The second kappa shape index (κ2) is 8.79. The molecule has 3 aromatic rings. The first-order valence-electron chi connectivity index (χ1n) is 10.1. The molecule has 27 heavy (non-hydrogen) atoms. The van der Waals surface area contributed by atoms with Crippen LogP contribution in [0.3, 0.4) is 0 Å². The van der Waals surface area contributed by atoms with Gasteiger partial charge >= 0.3 is 0 Å². The van der Waals surface area contributed by atoms with Crippen LogP contribution in [0.1, 0.15) is 51.0 Å². The van der Waals surface area contributed by atoms with Crippen molar-refractivity contribution in [1.29, 1.82) is 0 Å². The Morgan fingerprint density at radius 1 is 1.00 bits per heavy atom. The van der Waals surface area contributed by atoms with Gasteiger partial charge in [-0.15, -0.1) is 11.3 Å². The van der Waals surface area contributed by atoms with Crippen LogP contribution in [0.2, 0.25) is 0 Å². The smallest absolute Gasteiger partial charge is 0.122 e. The van der Waals surface area contributed by atoms with Crippen molar-refractivity contribution in [2.24, 2.45) is 5.92 Å². The summed E-state index contributed by atoms with van der Waals surface area (Å²) in [5, 5.41) is 1.18. The zero-order valence-corrected chi connectivity index (χ0v) is 17.8. The molecule has 3 heteroatoms. The number of hydrogen-bond donors (Lipinski definition) is 1. The highest BCUT2D eigenvalue weighted by Crippen LogP contribution is 2.37. The molecule has 0 aliphatic rings. The summed E-state index contributed by atoms with van der Waals surface area (Å²) in [6.07, 6.45) is 4.27. The highest BCUT2D eigenvalue weighted by atomic mass is 32.1. The molecule has 144 valence electrons.